The summed E-state index contributed by atoms with van der Waals surface area (Å²) < 4.78 is 5.94. The highest BCUT2D eigenvalue weighted by molar-refractivity contribution is 5.84. The van der Waals surface area contributed by atoms with Gasteiger partial charge < -0.3 is 19.6 Å². The molecule has 7 nitrogen and oxygen atoms in total. The molecule has 3 rings (SSSR count). The number of carboxylic acid groups (broad SMARTS) is 1. The van der Waals surface area contributed by atoms with Crippen LogP contribution in [0.4, 0.5) is 0 Å². The lowest BCUT2D eigenvalue weighted by molar-refractivity contribution is -0.150. The zero-order chi connectivity index (χ0) is 19.4. The first-order chi connectivity index (χ1) is 12.9. The van der Waals surface area contributed by atoms with Crippen LogP contribution in [0.15, 0.2) is 30.3 Å². The normalized spacial score (nSPS) is 24.6. The lowest BCUT2D eigenvalue weighted by atomic mass is 9.88. The van der Waals surface area contributed by atoms with Crippen molar-refractivity contribution in [1.29, 1.82) is 0 Å². The van der Waals surface area contributed by atoms with Crippen LogP contribution in [-0.2, 0) is 19.1 Å². The smallest absolute Gasteiger partial charge is 0.323 e. The molecule has 1 aromatic rings. The van der Waals surface area contributed by atoms with Gasteiger partial charge >= 0.3 is 5.97 Å². The van der Waals surface area contributed by atoms with Gasteiger partial charge in [0.1, 0.15) is 13.2 Å². The molecule has 2 aliphatic heterocycles. The minimum Gasteiger partial charge on any atom is -0.480 e. The SMILES string of the molecule is C[C@H](C(=O)N1CCC[C@@]2(CCN(CC(=O)O)C(=O)CO2)C1)c1ccccc1. The van der Waals surface area contributed by atoms with Gasteiger partial charge in [0, 0.05) is 19.6 Å². The van der Waals surface area contributed by atoms with E-state index >= 15 is 0 Å². The van der Waals surface area contributed by atoms with Crippen molar-refractivity contribution in [3.63, 3.8) is 0 Å². The number of hydrogen-bond donors (Lipinski definition) is 1. The summed E-state index contributed by atoms with van der Waals surface area (Å²) >= 11 is 0. The van der Waals surface area contributed by atoms with Gasteiger partial charge in [-0.05, 0) is 31.7 Å². The quantitative estimate of drug-likeness (QED) is 0.863. The van der Waals surface area contributed by atoms with E-state index in [4.69, 9.17) is 9.84 Å². The van der Waals surface area contributed by atoms with Gasteiger partial charge in [-0.25, -0.2) is 0 Å². The Morgan fingerprint density at radius 3 is 2.67 bits per heavy atom. The number of benzene rings is 1. The summed E-state index contributed by atoms with van der Waals surface area (Å²) in [6.45, 7) is 2.91. The minimum absolute atomic E-state index is 0.0573. The maximum absolute atomic E-state index is 13.0. The first-order valence-corrected chi connectivity index (χ1v) is 9.37. The van der Waals surface area contributed by atoms with Crippen molar-refractivity contribution < 1.29 is 24.2 Å². The molecule has 1 N–H and O–H groups in total. The fourth-order valence-electron chi connectivity index (χ4n) is 3.94. The van der Waals surface area contributed by atoms with Crippen LogP contribution in [0.25, 0.3) is 0 Å². The van der Waals surface area contributed by atoms with Gasteiger partial charge in [0.2, 0.25) is 11.8 Å². The third-order valence-electron chi connectivity index (χ3n) is 5.54. The Kier molecular flexibility index (Phi) is 5.79. The highest BCUT2D eigenvalue weighted by atomic mass is 16.5. The Hall–Kier alpha value is -2.41. The second kappa shape index (κ2) is 8.08. The molecule has 0 aromatic heterocycles. The summed E-state index contributed by atoms with van der Waals surface area (Å²) in [6.07, 6.45) is 2.11. The first-order valence-electron chi connectivity index (χ1n) is 9.37. The predicted molar refractivity (Wildman–Crippen MR) is 98.2 cm³/mol. The molecule has 0 bridgehead atoms. The summed E-state index contributed by atoms with van der Waals surface area (Å²) in [5, 5.41) is 8.97. The Bertz CT molecular complexity index is 708. The summed E-state index contributed by atoms with van der Waals surface area (Å²) in [6, 6.07) is 9.68. The van der Waals surface area contributed by atoms with Crippen molar-refractivity contribution >= 4 is 17.8 Å². The van der Waals surface area contributed by atoms with Crippen molar-refractivity contribution in [1.82, 2.24) is 9.80 Å². The lowest BCUT2D eigenvalue weighted by Crippen LogP contribution is -2.53. The molecule has 0 aliphatic carbocycles. The molecule has 0 saturated carbocycles. The van der Waals surface area contributed by atoms with Crippen LogP contribution < -0.4 is 0 Å². The highest BCUT2D eigenvalue weighted by Crippen LogP contribution is 2.32. The Morgan fingerprint density at radius 1 is 1.22 bits per heavy atom. The van der Waals surface area contributed by atoms with E-state index in [-0.39, 0.29) is 30.9 Å². The van der Waals surface area contributed by atoms with Gasteiger partial charge in [0.15, 0.2) is 0 Å². The third kappa shape index (κ3) is 4.47. The molecule has 2 aliphatic rings. The molecule has 1 aromatic carbocycles. The summed E-state index contributed by atoms with van der Waals surface area (Å²) in [4.78, 5) is 39.3. The minimum atomic E-state index is -1.03. The standard InChI is InChI=1S/C20H26N2O5/c1-15(16-6-3-2-4-7-16)19(26)22-10-5-8-20(14-22)9-11-21(12-18(24)25)17(23)13-27-20/h2-4,6-7,15H,5,8-14H2,1H3,(H,24,25)/t15-,20+/m0/s1. The van der Waals surface area contributed by atoms with Crippen molar-refractivity contribution in [2.45, 2.75) is 37.7 Å². The largest absolute Gasteiger partial charge is 0.480 e. The van der Waals surface area contributed by atoms with Crippen molar-refractivity contribution in [3.8, 4) is 0 Å². The number of likely N-dealkylation sites (tertiary alicyclic amines) is 1. The van der Waals surface area contributed by atoms with Gasteiger partial charge in [-0.1, -0.05) is 30.3 Å². The Labute approximate surface area is 158 Å². The summed E-state index contributed by atoms with van der Waals surface area (Å²) in [5.74, 6) is -1.52. The molecule has 0 radical (unpaired) electrons. The summed E-state index contributed by atoms with van der Waals surface area (Å²) in [7, 11) is 0. The van der Waals surface area contributed by atoms with Crippen molar-refractivity contribution in [2.75, 3.05) is 32.8 Å². The zero-order valence-electron chi connectivity index (χ0n) is 15.6. The van der Waals surface area contributed by atoms with E-state index in [1.807, 2.05) is 42.2 Å². The number of amides is 2. The molecule has 2 amide bonds. The van der Waals surface area contributed by atoms with E-state index in [1.54, 1.807) is 0 Å². The van der Waals surface area contributed by atoms with E-state index < -0.39 is 11.6 Å². The number of hydrogen-bond acceptors (Lipinski definition) is 4. The van der Waals surface area contributed by atoms with Gasteiger partial charge in [0.05, 0.1) is 11.5 Å². The maximum Gasteiger partial charge on any atom is 0.323 e. The molecule has 2 saturated heterocycles. The number of piperidine rings is 1. The van der Waals surface area contributed by atoms with E-state index in [1.165, 1.54) is 4.90 Å². The van der Waals surface area contributed by atoms with Crippen LogP contribution >= 0.6 is 0 Å². The fraction of sp³-hybridized carbons (Fsp3) is 0.550. The van der Waals surface area contributed by atoms with Crippen molar-refractivity contribution in [3.05, 3.63) is 35.9 Å². The zero-order valence-corrected chi connectivity index (χ0v) is 15.6. The van der Waals surface area contributed by atoms with Crippen LogP contribution in [0.2, 0.25) is 0 Å². The summed E-state index contributed by atoms with van der Waals surface area (Å²) in [5.41, 5.74) is 0.402. The number of nitrogens with zero attached hydrogens (tertiary/aromatic N) is 2. The predicted octanol–water partition coefficient (Wildman–Crippen LogP) is 1.48. The van der Waals surface area contributed by atoms with Gasteiger partial charge in [-0.15, -0.1) is 0 Å². The number of ether oxygens (including phenoxy) is 1. The average molecular weight is 374 g/mol. The molecule has 2 atom stereocenters. The van der Waals surface area contributed by atoms with E-state index in [0.717, 1.165) is 18.4 Å². The lowest BCUT2D eigenvalue weighted by Gasteiger charge is -2.42. The van der Waals surface area contributed by atoms with Crippen LogP contribution in [0, 0.1) is 0 Å². The fourth-order valence-corrected chi connectivity index (χ4v) is 3.94. The molecule has 27 heavy (non-hydrogen) atoms. The molecule has 1 spiro atoms. The van der Waals surface area contributed by atoms with Gasteiger partial charge in [-0.2, -0.15) is 0 Å². The molecule has 7 heteroatoms. The first kappa shape index (κ1) is 19.4. The number of carbonyl (C=O) groups is 3. The molecule has 0 unspecified atom stereocenters. The van der Waals surface area contributed by atoms with Crippen LogP contribution in [0.1, 0.15) is 37.7 Å². The Morgan fingerprint density at radius 2 is 1.96 bits per heavy atom. The van der Waals surface area contributed by atoms with Crippen LogP contribution in [0.5, 0.6) is 0 Å². The van der Waals surface area contributed by atoms with Crippen molar-refractivity contribution in [2.24, 2.45) is 0 Å². The van der Waals surface area contributed by atoms with Gasteiger partial charge in [0.25, 0.3) is 0 Å². The molecular formula is C20H26N2O5. The third-order valence-corrected chi connectivity index (χ3v) is 5.54. The topological polar surface area (TPSA) is 87.2 Å². The average Bonchev–Trinajstić information content (AvgIpc) is 2.82. The molecule has 146 valence electrons. The van der Waals surface area contributed by atoms with E-state index in [2.05, 4.69) is 0 Å². The monoisotopic (exact) mass is 374 g/mol. The van der Waals surface area contributed by atoms with E-state index in [9.17, 15) is 14.4 Å². The van der Waals surface area contributed by atoms with E-state index in [0.29, 0.717) is 26.1 Å². The van der Waals surface area contributed by atoms with Crippen LogP contribution in [-0.4, -0.2) is 71.1 Å². The second-order valence-corrected chi connectivity index (χ2v) is 7.43. The number of carbonyl (C=O) groups excluding carboxylic acids is 2. The second-order valence-electron chi connectivity index (χ2n) is 7.43. The van der Waals surface area contributed by atoms with Crippen LogP contribution in [0.3, 0.4) is 0 Å². The highest BCUT2D eigenvalue weighted by Gasteiger charge is 2.42. The molecular weight excluding hydrogens is 348 g/mol. The van der Waals surface area contributed by atoms with Gasteiger partial charge in [-0.3, -0.25) is 14.4 Å². The number of rotatable bonds is 4. The Balaban J connectivity index is 1.69. The number of carboxylic acids is 1. The molecule has 2 fully saturated rings. The number of aliphatic carboxylic acids is 1. The maximum atomic E-state index is 13.0. The molecule has 2 heterocycles.